The van der Waals surface area contributed by atoms with Crippen molar-refractivity contribution in [1.29, 1.82) is 0 Å². The number of rotatable bonds is 21. The van der Waals surface area contributed by atoms with Crippen molar-refractivity contribution in [3.05, 3.63) is 230 Å². The largest absolute Gasteiger partial charge is 0.497 e. The standard InChI is InChI=1S/3C10H12O3.3C9H11NO3.3CH4N2O/c3*1-13-10(12)9(7-11)8-5-3-2-4-6-8;3*1-13-8-4-2-3-7(5-8)9(6-11)10-12;3*1-2-3-4/h3*2-6,11-12H,7H2,1H3;3*2-5,11-12H,6H2,1H3;3*1H3,(H,2,4)/b10-9+;10-9-;;10-9-;;;;;. The molecule has 0 fully saturated rings. The summed E-state index contributed by atoms with van der Waals surface area (Å²) < 4.78 is 28.8. The van der Waals surface area contributed by atoms with Crippen molar-refractivity contribution in [2.75, 3.05) is 103 Å². The van der Waals surface area contributed by atoms with E-state index < -0.39 is 0 Å². The van der Waals surface area contributed by atoms with E-state index in [1.807, 2.05) is 70.9 Å². The van der Waals surface area contributed by atoms with Gasteiger partial charge in [0.15, 0.2) is 0 Å². The molecule has 0 saturated carbocycles. The number of ether oxygens (including phenoxy) is 6. The molecule has 0 spiro atoms. The molecule has 0 bridgehead atoms. The van der Waals surface area contributed by atoms with Crippen LogP contribution in [0.15, 0.2) is 213 Å². The number of nitrogens with one attached hydrogen (secondary N) is 3. The van der Waals surface area contributed by atoms with Crippen LogP contribution >= 0.6 is 0 Å². The van der Waals surface area contributed by atoms with E-state index in [9.17, 15) is 15.3 Å². The van der Waals surface area contributed by atoms with Crippen LogP contribution in [0.1, 0.15) is 33.4 Å². The van der Waals surface area contributed by atoms with Crippen molar-refractivity contribution < 1.29 is 90.0 Å². The van der Waals surface area contributed by atoms with Crippen molar-refractivity contribution in [3.8, 4) is 17.2 Å². The number of nitroso groups, excluding NO2 is 3. The number of nitrogens with zero attached hydrogens (tertiary/aromatic N) is 6. The molecular weight excluding hydrogens is 1180 g/mol. The number of hydrogen-bond acceptors (Lipinski definition) is 27. The van der Waals surface area contributed by atoms with E-state index in [1.165, 1.54) is 42.5 Å². The van der Waals surface area contributed by atoms with Gasteiger partial charge < -0.3 is 90.0 Å². The number of hydrogen-bond donors (Lipinski definition) is 15. The molecule has 6 aromatic rings. The lowest BCUT2D eigenvalue weighted by atomic mass is 10.1. The van der Waals surface area contributed by atoms with Crippen LogP contribution in [0.5, 0.6) is 17.2 Å². The number of benzene rings is 6. The molecule has 0 atom stereocenters. The Hall–Kier alpha value is -10.9. The molecule has 0 heterocycles. The molecule has 90 heavy (non-hydrogen) atoms. The number of aliphatic hydroxyl groups is 9. The molecule has 6 aromatic carbocycles. The number of oxime groups is 3. The predicted octanol–water partition coefficient (Wildman–Crippen LogP) is 6.91. The molecule has 30 nitrogen and oxygen atoms in total. The van der Waals surface area contributed by atoms with Gasteiger partial charge in [0.25, 0.3) is 17.8 Å². The fourth-order valence-corrected chi connectivity index (χ4v) is 6.08. The van der Waals surface area contributed by atoms with Gasteiger partial charge >= 0.3 is 0 Å². The first-order valence-electron chi connectivity index (χ1n) is 25.8. The zero-order valence-electron chi connectivity index (χ0n) is 51.1. The quantitative estimate of drug-likeness (QED) is 0.0114. The minimum absolute atomic E-state index is 0.221. The lowest BCUT2D eigenvalue weighted by molar-refractivity contribution is 0.135. The van der Waals surface area contributed by atoms with Crippen LogP contribution < -0.4 is 30.5 Å². The first kappa shape index (κ1) is 83.3. The summed E-state index contributed by atoms with van der Waals surface area (Å²) in [6.07, 6.45) is 0. The van der Waals surface area contributed by atoms with E-state index >= 15 is 0 Å². The summed E-state index contributed by atoms with van der Waals surface area (Å²) in [6.45, 7) is -1.64. The second-order valence-corrected chi connectivity index (χ2v) is 15.8. The van der Waals surface area contributed by atoms with Crippen LogP contribution in [0.3, 0.4) is 0 Å². The van der Waals surface area contributed by atoms with Crippen molar-refractivity contribution in [1.82, 2.24) is 16.3 Å². The Labute approximate surface area is 520 Å². The molecule has 15 N–H and O–H groups in total. The second-order valence-electron chi connectivity index (χ2n) is 15.8. The first-order chi connectivity index (χ1) is 43.6. The minimum Gasteiger partial charge on any atom is -0.497 e. The van der Waals surface area contributed by atoms with Gasteiger partial charge in [-0.25, -0.2) is 0 Å². The molecule has 492 valence electrons. The maximum absolute atomic E-state index is 9.27. The van der Waals surface area contributed by atoms with E-state index in [0.717, 1.165) is 16.7 Å². The third-order valence-corrected chi connectivity index (χ3v) is 10.5. The Morgan fingerprint density at radius 2 is 0.533 bits per heavy atom. The van der Waals surface area contributed by atoms with E-state index in [-0.39, 0.29) is 74.6 Å². The third kappa shape index (κ3) is 35.5. The zero-order valence-corrected chi connectivity index (χ0v) is 51.1. The van der Waals surface area contributed by atoms with Crippen LogP contribution in [0.2, 0.25) is 0 Å². The Bertz CT molecular complexity index is 2710. The highest BCUT2D eigenvalue weighted by molar-refractivity contribution is 6.02. The summed E-state index contributed by atoms with van der Waals surface area (Å²) in [4.78, 5) is 26.4. The molecule has 0 aliphatic carbocycles. The molecule has 0 radical (unpaired) electrons. The van der Waals surface area contributed by atoms with Crippen LogP contribution in [0.25, 0.3) is 16.7 Å². The minimum atomic E-state index is -0.302. The van der Waals surface area contributed by atoms with Gasteiger partial charge in [-0.2, -0.15) is 0 Å². The topological polar surface area (TPSA) is 460 Å². The summed E-state index contributed by atoms with van der Waals surface area (Å²) in [7, 11) is 13.1. The van der Waals surface area contributed by atoms with Crippen molar-refractivity contribution in [3.63, 3.8) is 0 Å². The van der Waals surface area contributed by atoms with Gasteiger partial charge in [-0.05, 0) is 53.1 Å². The predicted molar refractivity (Wildman–Crippen MR) is 340 cm³/mol. The monoisotopic (exact) mass is 1260 g/mol. The average Bonchev–Trinajstić information content (AvgIpc) is 3.82. The molecule has 6 rings (SSSR count). The van der Waals surface area contributed by atoms with Gasteiger partial charge in [-0.1, -0.05) is 143 Å². The Morgan fingerprint density at radius 3 is 0.678 bits per heavy atom. The van der Waals surface area contributed by atoms with Gasteiger partial charge in [0.05, 0.1) is 99.0 Å². The maximum atomic E-state index is 9.27. The highest BCUT2D eigenvalue weighted by atomic mass is 16.6. The van der Waals surface area contributed by atoms with E-state index in [4.69, 9.17) is 75.2 Å². The van der Waals surface area contributed by atoms with Crippen molar-refractivity contribution >= 4 is 33.9 Å². The Balaban J connectivity index is -0.000000972. The third-order valence-electron chi connectivity index (χ3n) is 10.5. The summed E-state index contributed by atoms with van der Waals surface area (Å²) in [6, 6.07) is 48.2. The average molecular weight is 1260 g/mol. The van der Waals surface area contributed by atoms with Gasteiger partial charge in [0.1, 0.15) is 34.4 Å². The Kier molecular flexibility index (Phi) is 51.8. The van der Waals surface area contributed by atoms with Crippen LogP contribution in [0, 0.1) is 14.7 Å². The molecule has 30 heteroatoms. The SMILES string of the molecule is CNN=O.CNN=O.CNN=O.CO/C(O)=C(/CO)c1ccccc1.CO/C(O)=C(\CO)c1ccccc1.COC(O)=C(CO)c1ccccc1.COc1cccc(/C(CO)=N\O)c1.COc1cccc(C(CO)=NO)c1.COc1cccc(C(CO)=NO)c1. The van der Waals surface area contributed by atoms with Gasteiger partial charge in [-0.3, -0.25) is 16.3 Å². The first-order valence-corrected chi connectivity index (χ1v) is 25.8. The Morgan fingerprint density at radius 1 is 0.333 bits per heavy atom. The van der Waals surface area contributed by atoms with Gasteiger partial charge in [-0.15, -0.1) is 14.7 Å². The lowest BCUT2D eigenvalue weighted by Gasteiger charge is -2.06. The molecule has 0 aliphatic heterocycles. The summed E-state index contributed by atoms with van der Waals surface area (Å²) in [5, 5.41) is 122. The van der Waals surface area contributed by atoms with Crippen LogP contribution in [-0.4, -0.2) is 182 Å². The number of aliphatic hydroxyl groups excluding tert-OH is 9. The highest BCUT2D eigenvalue weighted by Gasteiger charge is 2.10. The molecule has 0 saturated heterocycles. The van der Waals surface area contributed by atoms with E-state index in [2.05, 4.69) is 45.5 Å². The van der Waals surface area contributed by atoms with E-state index in [1.54, 1.807) is 131 Å². The van der Waals surface area contributed by atoms with Gasteiger partial charge in [0.2, 0.25) is 0 Å². The smallest absolute Gasteiger partial charge is 0.282 e. The lowest BCUT2D eigenvalue weighted by Crippen LogP contribution is -2.06. The highest BCUT2D eigenvalue weighted by Crippen LogP contribution is 2.20. The van der Waals surface area contributed by atoms with Crippen LogP contribution in [-0.2, 0) is 14.2 Å². The fraction of sp³-hybridized carbons (Fsp3) is 0.250. The number of methoxy groups -OCH3 is 6. The maximum Gasteiger partial charge on any atom is 0.282 e. The molecule has 0 amide bonds. The van der Waals surface area contributed by atoms with Crippen molar-refractivity contribution in [2.45, 2.75) is 0 Å². The summed E-state index contributed by atoms with van der Waals surface area (Å²) >= 11 is 0. The summed E-state index contributed by atoms with van der Waals surface area (Å²) in [5.41, 5.74) is 12.0. The molecule has 0 aromatic heterocycles. The second kappa shape index (κ2) is 55.9. The fourth-order valence-electron chi connectivity index (χ4n) is 6.08. The molecule has 0 unspecified atom stereocenters. The van der Waals surface area contributed by atoms with Crippen LogP contribution in [0.4, 0.5) is 0 Å². The summed E-state index contributed by atoms with van der Waals surface area (Å²) in [5.74, 6) is 1.25. The normalized spacial score (nSPS) is 10.9. The van der Waals surface area contributed by atoms with Gasteiger partial charge in [0, 0.05) is 53.7 Å². The molecule has 0 aliphatic rings. The van der Waals surface area contributed by atoms with Crippen molar-refractivity contribution in [2.24, 2.45) is 31.3 Å². The molecular formula is C60H81N9O21. The van der Waals surface area contributed by atoms with E-state index in [0.29, 0.717) is 50.7 Å². The zero-order chi connectivity index (χ0) is 68.3.